The molecule has 0 spiro atoms. The summed E-state index contributed by atoms with van der Waals surface area (Å²) in [6.45, 7) is 8.54. The molecule has 0 radical (unpaired) electrons. The van der Waals surface area contributed by atoms with Crippen molar-refractivity contribution in [2.75, 3.05) is 0 Å². The maximum Gasteiger partial charge on any atom is 0.159 e. The topological polar surface area (TPSA) is 17.1 Å². The van der Waals surface area contributed by atoms with Crippen LogP contribution >= 0.6 is 0 Å². The van der Waals surface area contributed by atoms with Gasteiger partial charge in [0.05, 0.1) is 0 Å². The Morgan fingerprint density at radius 3 is 2.38 bits per heavy atom. The maximum atomic E-state index is 11.7. The summed E-state index contributed by atoms with van der Waals surface area (Å²) in [7, 11) is 0. The SMILES string of the molecule is CCC1=C(C)C(=O)CC(C)(CC)C1. The molecular formula is C12H20O. The lowest BCUT2D eigenvalue weighted by atomic mass is 9.70. The normalized spacial score (nSPS) is 29.7. The van der Waals surface area contributed by atoms with Gasteiger partial charge in [0.15, 0.2) is 5.78 Å². The molecule has 0 aromatic heterocycles. The second-order valence-electron chi connectivity index (χ2n) is 4.52. The number of rotatable bonds is 2. The summed E-state index contributed by atoms with van der Waals surface area (Å²) >= 11 is 0. The van der Waals surface area contributed by atoms with Crippen LogP contribution in [-0.2, 0) is 4.79 Å². The van der Waals surface area contributed by atoms with Gasteiger partial charge in [0.2, 0.25) is 0 Å². The number of allylic oxidation sites excluding steroid dienone is 2. The van der Waals surface area contributed by atoms with E-state index in [0.29, 0.717) is 5.78 Å². The minimum absolute atomic E-state index is 0.238. The third-order valence-electron chi connectivity index (χ3n) is 3.46. The fraction of sp³-hybridized carbons (Fsp3) is 0.750. The van der Waals surface area contributed by atoms with E-state index in [1.807, 2.05) is 6.92 Å². The Bertz CT molecular complexity index is 250. The van der Waals surface area contributed by atoms with Crippen molar-refractivity contribution in [2.24, 2.45) is 5.41 Å². The van der Waals surface area contributed by atoms with Crippen LogP contribution in [-0.4, -0.2) is 5.78 Å². The van der Waals surface area contributed by atoms with Crippen LogP contribution in [0.1, 0.15) is 53.4 Å². The summed E-state index contributed by atoms with van der Waals surface area (Å²) in [5, 5.41) is 0. The molecule has 1 aliphatic rings. The summed E-state index contributed by atoms with van der Waals surface area (Å²) in [4.78, 5) is 11.7. The zero-order chi connectivity index (χ0) is 10.1. The molecule has 0 aromatic rings. The quantitative estimate of drug-likeness (QED) is 0.635. The van der Waals surface area contributed by atoms with Crippen LogP contribution in [0.4, 0.5) is 0 Å². The zero-order valence-electron chi connectivity index (χ0n) is 9.24. The van der Waals surface area contributed by atoms with Crippen molar-refractivity contribution in [2.45, 2.75) is 53.4 Å². The van der Waals surface area contributed by atoms with Gasteiger partial charge in [-0.05, 0) is 37.2 Å². The summed E-state index contributed by atoms with van der Waals surface area (Å²) < 4.78 is 0. The molecule has 1 rings (SSSR count). The van der Waals surface area contributed by atoms with Crippen molar-refractivity contribution in [3.8, 4) is 0 Å². The average Bonchev–Trinajstić information content (AvgIpc) is 2.11. The standard InChI is InChI=1S/C12H20O/c1-5-10-7-12(4,6-2)8-11(13)9(10)3/h5-8H2,1-4H3. The van der Waals surface area contributed by atoms with E-state index in [1.165, 1.54) is 5.57 Å². The maximum absolute atomic E-state index is 11.7. The third kappa shape index (κ3) is 2.01. The molecule has 1 nitrogen and oxygen atoms in total. The molecule has 0 bridgehead atoms. The van der Waals surface area contributed by atoms with Crippen molar-refractivity contribution in [1.82, 2.24) is 0 Å². The zero-order valence-corrected chi connectivity index (χ0v) is 9.24. The van der Waals surface area contributed by atoms with E-state index < -0.39 is 0 Å². The van der Waals surface area contributed by atoms with Gasteiger partial charge >= 0.3 is 0 Å². The van der Waals surface area contributed by atoms with Crippen LogP contribution in [0, 0.1) is 5.41 Å². The van der Waals surface area contributed by atoms with Crippen molar-refractivity contribution >= 4 is 5.78 Å². The first kappa shape index (κ1) is 10.5. The van der Waals surface area contributed by atoms with Crippen molar-refractivity contribution in [3.05, 3.63) is 11.1 Å². The molecule has 0 aromatic carbocycles. The Morgan fingerprint density at radius 2 is 1.92 bits per heavy atom. The molecule has 0 saturated carbocycles. The van der Waals surface area contributed by atoms with Gasteiger partial charge in [-0.2, -0.15) is 0 Å². The second kappa shape index (κ2) is 3.65. The molecule has 13 heavy (non-hydrogen) atoms. The smallest absolute Gasteiger partial charge is 0.159 e. The van der Waals surface area contributed by atoms with Crippen LogP contribution in [0.25, 0.3) is 0 Å². The molecule has 74 valence electrons. The van der Waals surface area contributed by atoms with E-state index in [0.717, 1.165) is 31.3 Å². The fourth-order valence-corrected chi connectivity index (χ4v) is 2.07. The Hall–Kier alpha value is -0.590. The number of Topliss-reactive ketones (excluding diaryl/α,β-unsaturated/α-hetero) is 1. The molecule has 0 heterocycles. The number of carbonyl (C=O) groups is 1. The third-order valence-corrected chi connectivity index (χ3v) is 3.46. The first-order valence-corrected chi connectivity index (χ1v) is 5.24. The Balaban J connectivity index is 2.95. The first-order valence-electron chi connectivity index (χ1n) is 5.24. The van der Waals surface area contributed by atoms with E-state index in [9.17, 15) is 4.79 Å². The van der Waals surface area contributed by atoms with Gasteiger partial charge in [-0.15, -0.1) is 0 Å². The molecule has 1 aliphatic carbocycles. The average molecular weight is 180 g/mol. The highest BCUT2D eigenvalue weighted by atomic mass is 16.1. The minimum Gasteiger partial charge on any atom is -0.295 e. The van der Waals surface area contributed by atoms with Crippen molar-refractivity contribution in [1.29, 1.82) is 0 Å². The molecule has 1 unspecified atom stereocenters. The number of hydrogen-bond donors (Lipinski definition) is 0. The molecule has 0 amide bonds. The minimum atomic E-state index is 0.238. The monoisotopic (exact) mass is 180 g/mol. The predicted octanol–water partition coefficient (Wildman–Crippen LogP) is 3.49. The van der Waals surface area contributed by atoms with Crippen LogP contribution in [0.2, 0.25) is 0 Å². The highest BCUT2D eigenvalue weighted by Gasteiger charge is 2.32. The Labute approximate surface area is 81.2 Å². The van der Waals surface area contributed by atoms with Crippen molar-refractivity contribution in [3.63, 3.8) is 0 Å². The molecule has 0 aliphatic heterocycles. The second-order valence-corrected chi connectivity index (χ2v) is 4.52. The van der Waals surface area contributed by atoms with Crippen LogP contribution in [0.5, 0.6) is 0 Å². The lowest BCUT2D eigenvalue weighted by Crippen LogP contribution is -2.26. The summed E-state index contributed by atoms with van der Waals surface area (Å²) in [5.74, 6) is 0.368. The number of hydrogen-bond acceptors (Lipinski definition) is 1. The van der Waals surface area contributed by atoms with Gasteiger partial charge in [0, 0.05) is 6.42 Å². The van der Waals surface area contributed by atoms with Gasteiger partial charge in [-0.25, -0.2) is 0 Å². The van der Waals surface area contributed by atoms with E-state index >= 15 is 0 Å². The van der Waals surface area contributed by atoms with Gasteiger partial charge in [-0.1, -0.05) is 26.3 Å². The lowest BCUT2D eigenvalue weighted by Gasteiger charge is -2.33. The van der Waals surface area contributed by atoms with E-state index in [2.05, 4.69) is 20.8 Å². The summed E-state index contributed by atoms with van der Waals surface area (Å²) in [6, 6.07) is 0. The molecular weight excluding hydrogens is 160 g/mol. The summed E-state index contributed by atoms with van der Waals surface area (Å²) in [6.07, 6.45) is 4.01. The molecule has 1 heteroatoms. The molecule has 0 saturated heterocycles. The number of ketones is 1. The van der Waals surface area contributed by atoms with Crippen LogP contribution < -0.4 is 0 Å². The molecule has 0 N–H and O–H groups in total. The number of carbonyl (C=O) groups excluding carboxylic acids is 1. The Kier molecular flexibility index (Phi) is 2.94. The van der Waals surface area contributed by atoms with E-state index in [1.54, 1.807) is 0 Å². The van der Waals surface area contributed by atoms with Crippen LogP contribution in [0.3, 0.4) is 0 Å². The van der Waals surface area contributed by atoms with E-state index in [-0.39, 0.29) is 5.41 Å². The van der Waals surface area contributed by atoms with Gasteiger partial charge in [0.25, 0.3) is 0 Å². The van der Waals surface area contributed by atoms with E-state index in [4.69, 9.17) is 0 Å². The summed E-state index contributed by atoms with van der Waals surface area (Å²) in [5.41, 5.74) is 2.65. The Morgan fingerprint density at radius 1 is 1.31 bits per heavy atom. The molecule has 0 fully saturated rings. The lowest BCUT2D eigenvalue weighted by molar-refractivity contribution is -0.118. The van der Waals surface area contributed by atoms with Gasteiger partial charge in [0.1, 0.15) is 0 Å². The van der Waals surface area contributed by atoms with Gasteiger partial charge in [-0.3, -0.25) is 4.79 Å². The van der Waals surface area contributed by atoms with Crippen LogP contribution in [0.15, 0.2) is 11.1 Å². The van der Waals surface area contributed by atoms with Gasteiger partial charge < -0.3 is 0 Å². The first-order chi connectivity index (χ1) is 6.02. The highest BCUT2D eigenvalue weighted by Crippen LogP contribution is 2.40. The largest absolute Gasteiger partial charge is 0.295 e. The molecule has 1 atom stereocenters. The highest BCUT2D eigenvalue weighted by molar-refractivity contribution is 5.96. The van der Waals surface area contributed by atoms with Crippen molar-refractivity contribution < 1.29 is 4.79 Å². The fourth-order valence-electron chi connectivity index (χ4n) is 2.07. The predicted molar refractivity (Wildman–Crippen MR) is 55.6 cm³/mol.